The molecule has 3 heteroatoms. The average Bonchev–Trinajstić information content (AvgIpc) is 3.09. The normalized spacial score (nSPS) is 25.2. The van der Waals surface area contributed by atoms with Gasteiger partial charge in [0, 0.05) is 19.4 Å². The van der Waals surface area contributed by atoms with Crippen molar-refractivity contribution < 1.29 is 9.22 Å². The highest BCUT2D eigenvalue weighted by atomic mass is 28.4. The van der Waals surface area contributed by atoms with Crippen molar-refractivity contribution in [1.82, 2.24) is 0 Å². The Balaban J connectivity index is 1.70. The monoisotopic (exact) mass is 364 g/mol. The second kappa shape index (κ2) is 6.47. The number of fused-ring (bicyclic) bond motifs is 1. The molecule has 0 amide bonds. The lowest BCUT2D eigenvalue weighted by molar-refractivity contribution is -0.118. The first kappa shape index (κ1) is 17.7. The molecule has 0 aromatic heterocycles. The Morgan fingerprint density at radius 2 is 1.35 bits per heavy atom. The van der Waals surface area contributed by atoms with E-state index in [2.05, 4.69) is 81.4 Å². The molecule has 0 spiro atoms. The van der Waals surface area contributed by atoms with Crippen LogP contribution in [0.4, 0.5) is 0 Å². The molecule has 2 nitrogen and oxygen atoms in total. The standard InChI is InChI=1S/C23H28O2Si/c1-23(2,3)26(18-10-6-4-7-11-18,19-12-8-5-9-13-19)25-16-22-20-14-17(24)15-21(20)22/h4-13,20-22H,14-16H2,1-3H3/t20-,21?,22?/m1/s1. The third-order valence-electron chi connectivity index (χ3n) is 6.34. The number of ketones is 1. The summed E-state index contributed by atoms with van der Waals surface area (Å²) in [6, 6.07) is 21.6. The van der Waals surface area contributed by atoms with E-state index in [0.717, 1.165) is 19.4 Å². The van der Waals surface area contributed by atoms with Crippen LogP contribution in [0.2, 0.25) is 5.04 Å². The summed E-state index contributed by atoms with van der Waals surface area (Å²) in [6.45, 7) is 7.74. The van der Waals surface area contributed by atoms with Gasteiger partial charge in [0.25, 0.3) is 8.32 Å². The lowest BCUT2D eigenvalue weighted by atomic mass is 10.1. The molecule has 26 heavy (non-hydrogen) atoms. The molecule has 0 saturated heterocycles. The van der Waals surface area contributed by atoms with Crippen LogP contribution in [0.1, 0.15) is 33.6 Å². The number of carbonyl (C=O) groups excluding carboxylic acids is 1. The van der Waals surface area contributed by atoms with Gasteiger partial charge in [-0.05, 0) is 33.2 Å². The van der Waals surface area contributed by atoms with Crippen LogP contribution >= 0.6 is 0 Å². The van der Waals surface area contributed by atoms with Gasteiger partial charge in [-0.15, -0.1) is 0 Å². The largest absolute Gasteiger partial charge is 0.407 e. The summed E-state index contributed by atoms with van der Waals surface area (Å²) in [7, 11) is -2.42. The molecule has 136 valence electrons. The zero-order chi connectivity index (χ0) is 18.4. The third-order valence-corrected chi connectivity index (χ3v) is 11.3. The number of Topliss-reactive ketones (excluding diaryl/α,β-unsaturated/α-hetero) is 1. The molecule has 0 heterocycles. The van der Waals surface area contributed by atoms with Crippen molar-refractivity contribution in [1.29, 1.82) is 0 Å². The lowest BCUT2D eigenvalue weighted by Crippen LogP contribution is -2.66. The van der Waals surface area contributed by atoms with E-state index < -0.39 is 8.32 Å². The molecular formula is C23H28O2Si. The van der Waals surface area contributed by atoms with Gasteiger partial charge in [-0.3, -0.25) is 4.79 Å². The summed E-state index contributed by atoms with van der Waals surface area (Å²) in [5.74, 6) is 2.19. The van der Waals surface area contributed by atoms with Crippen LogP contribution in [0.3, 0.4) is 0 Å². The summed E-state index contributed by atoms with van der Waals surface area (Å²) in [6.07, 6.45) is 1.55. The highest BCUT2D eigenvalue weighted by Gasteiger charge is 2.58. The van der Waals surface area contributed by atoms with Crippen molar-refractivity contribution >= 4 is 24.5 Å². The van der Waals surface area contributed by atoms with Crippen LogP contribution in [0.15, 0.2) is 60.7 Å². The van der Waals surface area contributed by atoms with Crippen LogP contribution < -0.4 is 10.4 Å². The van der Waals surface area contributed by atoms with E-state index in [1.807, 2.05) is 0 Å². The predicted molar refractivity (Wildman–Crippen MR) is 108 cm³/mol. The topological polar surface area (TPSA) is 26.3 Å². The van der Waals surface area contributed by atoms with Crippen LogP contribution in [0, 0.1) is 17.8 Å². The second-order valence-corrected chi connectivity index (χ2v) is 13.2. The minimum Gasteiger partial charge on any atom is -0.407 e. The maximum Gasteiger partial charge on any atom is 0.261 e. The number of carbonyl (C=O) groups is 1. The van der Waals surface area contributed by atoms with E-state index in [4.69, 9.17) is 4.43 Å². The van der Waals surface area contributed by atoms with E-state index in [-0.39, 0.29) is 5.04 Å². The molecule has 2 fully saturated rings. The fourth-order valence-electron chi connectivity index (χ4n) is 4.97. The maximum absolute atomic E-state index is 11.6. The first-order valence-corrected chi connectivity index (χ1v) is 11.6. The smallest absolute Gasteiger partial charge is 0.261 e. The molecule has 2 aromatic rings. The Bertz CT molecular complexity index is 725. The second-order valence-electron chi connectivity index (χ2n) is 8.91. The third kappa shape index (κ3) is 2.87. The SMILES string of the molecule is CC(C)(C)[Si](OCC1C2CC(=O)C[C@@H]12)(c1ccccc1)c1ccccc1. The molecule has 0 aliphatic heterocycles. The predicted octanol–water partition coefficient (Wildman–Crippen LogP) is 3.79. The van der Waals surface area contributed by atoms with E-state index in [1.165, 1.54) is 10.4 Å². The molecule has 2 aliphatic rings. The minimum atomic E-state index is -2.42. The van der Waals surface area contributed by atoms with Crippen molar-refractivity contribution in [2.75, 3.05) is 6.61 Å². The van der Waals surface area contributed by atoms with Crippen LogP contribution in [0.25, 0.3) is 0 Å². The summed E-state index contributed by atoms with van der Waals surface area (Å²) in [4.78, 5) is 11.6. The minimum absolute atomic E-state index is 0.0233. The summed E-state index contributed by atoms with van der Waals surface area (Å²) < 4.78 is 6.99. The molecule has 2 aromatic carbocycles. The lowest BCUT2D eigenvalue weighted by Gasteiger charge is -2.43. The van der Waals surface area contributed by atoms with Gasteiger partial charge in [0.05, 0.1) is 0 Å². The van der Waals surface area contributed by atoms with Gasteiger partial charge in [-0.1, -0.05) is 81.4 Å². The van der Waals surface area contributed by atoms with Crippen LogP contribution in [0.5, 0.6) is 0 Å². The van der Waals surface area contributed by atoms with E-state index in [9.17, 15) is 4.79 Å². The Hall–Kier alpha value is -1.71. The van der Waals surface area contributed by atoms with Gasteiger partial charge >= 0.3 is 0 Å². The number of rotatable bonds is 5. The number of hydrogen-bond donors (Lipinski definition) is 0. The molecule has 2 saturated carbocycles. The number of benzene rings is 2. The van der Waals surface area contributed by atoms with E-state index >= 15 is 0 Å². The first-order chi connectivity index (χ1) is 12.4. The van der Waals surface area contributed by atoms with Gasteiger partial charge in [0.2, 0.25) is 0 Å². The van der Waals surface area contributed by atoms with Crippen molar-refractivity contribution in [2.24, 2.45) is 17.8 Å². The van der Waals surface area contributed by atoms with Crippen LogP contribution in [-0.4, -0.2) is 20.7 Å². The van der Waals surface area contributed by atoms with Gasteiger partial charge < -0.3 is 4.43 Å². The Morgan fingerprint density at radius 1 is 0.885 bits per heavy atom. The van der Waals surface area contributed by atoms with Gasteiger partial charge in [0.1, 0.15) is 5.78 Å². The summed E-state index contributed by atoms with van der Waals surface area (Å²) >= 11 is 0. The molecule has 4 rings (SSSR count). The molecule has 3 atom stereocenters. The van der Waals surface area contributed by atoms with E-state index in [1.54, 1.807) is 0 Å². The molecular weight excluding hydrogens is 336 g/mol. The Morgan fingerprint density at radius 3 is 1.77 bits per heavy atom. The fourth-order valence-corrected chi connectivity index (χ4v) is 9.57. The maximum atomic E-state index is 11.6. The van der Waals surface area contributed by atoms with Crippen molar-refractivity contribution in [3.8, 4) is 0 Å². The molecule has 2 unspecified atom stereocenters. The molecule has 0 radical (unpaired) electrons. The van der Waals surface area contributed by atoms with Gasteiger partial charge in [-0.25, -0.2) is 0 Å². The zero-order valence-electron chi connectivity index (χ0n) is 15.9. The molecule has 0 bridgehead atoms. The van der Waals surface area contributed by atoms with Crippen molar-refractivity contribution in [2.45, 2.75) is 38.7 Å². The van der Waals surface area contributed by atoms with Crippen LogP contribution in [-0.2, 0) is 9.22 Å². The van der Waals surface area contributed by atoms with E-state index in [0.29, 0.717) is 23.5 Å². The Labute approximate surface area is 157 Å². The van der Waals surface area contributed by atoms with Crippen molar-refractivity contribution in [3.63, 3.8) is 0 Å². The quantitative estimate of drug-likeness (QED) is 0.755. The molecule has 0 N–H and O–H groups in total. The fraction of sp³-hybridized carbons (Fsp3) is 0.435. The van der Waals surface area contributed by atoms with Gasteiger partial charge in [0.15, 0.2) is 0 Å². The summed E-state index contributed by atoms with van der Waals surface area (Å²) in [5, 5.41) is 2.69. The highest BCUT2D eigenvalue weighted by Crippen LogP contribution is 2.56. The zero-order valence-corrected chi connectivity index (χ0v) is 16.9. The average molecular weight is 365 g/mol. The first-order valence-electron chi connectivity index (χ1n) is 9.70. The number of hydrogen-bond acceptors (Lipinski definition) is 2. The highest BCUT2D eigenvalue weighted by molar-refractivity contribution is 6.99. The van der Waals surface area contributed by atoms with Gasteiger partial charge in [-0.2, -0.15) is 0 Å². The Kier molecular flexibility index (Phi) is 4.40. The summed E-state index contributed by atoms with van der Waals surface area (Å²) in [5.41, 5.74) is 0. The van der Waals surface area contributed by atoms with Crippen molar-refractivity contribution in [3.05, 3.63) is 60.7 Å². The molecule has 2 aliphatic carbocycles.